The van der Waals surface area contributed by atoms with Crippen molar-refractivity contribution in [2.75, 3.05) is 18.3 Å². The molecule has 1 aromatic rings. The van der Waals surface area contributed by atoms with Gasteiger partial charge in [-0.3, -0.25) is 24.0 Å². The Balaban J connectivity index is 2.79. The molecule has 9 nitrogen and oxygen atoms in total. The maximum Gasteiger partial charge on any atom is 0.253 e. The van der Waals surface area contributed by atoms with Gasteiger partial charge in [-0.1, -0.05) is 24.4 Å². The van der Waals surface area contributed by atoms with Gasteiger partial charge in [0.05, 0.1) is 17.2 Å². The first-order valence-electron chi connectivity index (χ1n) is 8.47. The van der Waals surface area contributed by atoms with Gasteiger partial charge in [0.15, 0.2) is 5.17 Å². The fourth-order valence-corrected chi connectivity index (χ4v) is 3.77. The summed E-state index contributed by atoms with van der Waals surface area (Å²) < 4.78 is 24.0. The predicted octanol–water partition coefficient (Wildman–Crippen LogP) is 1.53. The number of amidine groups is 1. The van der Waals surface area contributed by atoms with E-state index in [1.807, 2.05) is 6.26 Å². The van der Waals surface area contributed by atoms with Gasteiger partial charge in [-0.05, 0) is 31.4 Å². The first kappa shape index (κ1) is 25.0. The molecule has 1 aromatic heterocycles. The summed E-state index contributed by atoms with van der Waals surface area (Å²) in [6, 6.07) is 0.487. The third kappa shape index (κ3) is 8.88. The standard InChI is InChI=1S/C17H25N5O4S3/c1-5-8-19-12(2)28-17(18)21-16(24)14(7-10-27-3)20-15(23)13-6-9-22(11-13)29(4,25)26/h5-6,8-9,11-12,14H,1,7,10H2,2-4H3,(H,20,23)(H2,18,21,24). The Morgan fingerprint density at radius 2 is 2.14 bits per heavy atom. The summed E-state index contributed by atoms with van der Waals surface area (Å²) >= 11 is 2.56. The summed E-state index contributed by atoms with van der Waals surface area (Å²) in [5.41, 5.74) is 0.120. The lowest BCUT2D eigenvalue weighted by atomic mass is 10.2. The number of aliphatic imine (C=N–C) groups is 1. The van der Waals surface area contributed by atoms with E-state index >= 15 is 0 Å². The molecule has 0 saturated carbocycles. The Morgan fingerprint density at radius 3 is 2.69 bits per heavy atom. The Morgan fingerprint density at radius 1 is 1.45 bits per heavy atom. The zero-order chi connectivity index (χ0) is 22.0. The van der Waals surface area contributed by atoms with Gasteiger partial charge in [-0.2, -0.15) is 11.8 Å². The molecule has 1 heterocycles. The molecule has 0 radical (unpaired) electrons. The van der Waals surface area contributed by atoms with Crippen LogP contribution in [0.1, 0.15) is 23.7 Å². The van der Waals surface area contributed by atoms with Crippen LogP contribution in [-0.2, 0) is 14.8 Å². The van der Waals surface area contributed by atoms with Crippen LogP contribution < -0.4 is 10.6 Å². The van der Waals surface area contributed by atoms with Gasteiger partial charge >= 0.3 is 0 Å². The van der Waals surface area contributed by atoms with Crippen molar-refractivity contribution >= 4 is 56.7 Å². The van der Waals surface area contributed by atoms with Gasteiger partial charge in [0.2, 0.25) is 15.9 Å². The quantitative estimate of drug-likeness (QED) is 0.359. The van der Waals surface area contributed by atoms with E-state index in [1.165, 1.54) is 42.5 Å². The smallest absolute Gasteiger partial charge is 0.253 e. The minimum atomic E-state index is -3.50. The van der Waals surface area contributed by atoms with Gasteiger partial charge in [0.25, 0.3) is 5.91 Å². The molecule has 0 bridgehead atoms. The van der Waals surface area contributed by atoms with E-state index in [9.17, 15) is 18.0 Å². The average Bonchev–Trinajstić information content (AvgIpc) is 3.13. The van der Waals surface area contributed by atoms with Gasteiger partial charge in [-0.15, -0.1) is 0 Å². The topological polar surface area (TPSA) is 133 Å². The third-order valence-corrected chi connectivity index (χ3v) is 5.91. The van der Waals surface area contributed by atoms with Crippen LogP contribution in [-0.4, -0.2) is 65.3 Å². The SMILES string of the molecule is C=CC=NC(C)SC(=N)NC(=O)C(CCSC)NC(=O)c1ccn(S(C)(=O)=O)c1. The molecule has 2 unspecified atom stereocenters. The van der Waals surface area contributed by atoms with E-state index in [1.54, 1.807) is 6.92 Å². The van der Waals surface area contributed by atoms with Crippen LogP contribution in [0.5, 0.6) is 0 Å². The van der Waals surface area contributed by atoms with Crippen LogP contribution in [0.25, 0.3) is 0 Å². The van der Waals surface area contributed by atoms with E-state index in [-0.39, 0.29) is 16.1 Å². The molecule has 0 fully saturated rings. The van der Waals surface area contributed by atoms with Crippen molar-refractivity contribution in [2.24, 2.45) is 4.99 Å². The van der Waals surface area contributed by atoms with E-state index in [0.717, 1.165) is 22.0 Å². The number of nitrogens with zero attached hydrogens (tertiary/aromatic N) is 2. The van der Waals surface area contributed by atoms with Gasteiger partial charge in [-0.25, -0.2) is 8.42 Å². The lowest BCUT2D eigenvalue weighted by Gasteiger charge is -2.18. The van der Waals surface area contributed by atoms with Crippen LogP contribution in [0.4, 0.5) is 0 Å². The maximum atomic E-state index is 12.5. The molecule has 2 amide bonds. The molecule has 0 aliphatic heterocycles. The number of allylic oxidation sites excluding steroid dienone is 1. The molecule has 0 aliphatic rings. The fraction of sp³-hybridized carbons (Fsp3) is 0.412. The lowest BCUT2D eigenvalue weighted by molar-refractivity contribution is -0.121. The highest BCUT2D eigenvalue weighted by Gasteiger charge is 2.23. The molecule has 29 heavy (non-hydrogen) atoms. The average molecular weight is 460 g/mol. The molecule has 2 atom stereocenters. The van der Waals surface area contributed by atoms with Gasteiger partial charge in [0, 0.05) is 18.6 Å². The van der Waals surface area contributed by atoms with E-state index in [4.69, 9.17) is 5.41 Å². The first-order chi connectivity index (χ1) is 13.6. The highest BCUT2D eigenvalue weighted by molar-refractivity contribution is 8.14. The molecule has 3 N–H and O–H groups in total. The molecule has 160 valence electrons. The molecule has 1 rings (SSSR count). The summed E-state index contributed by atoms with van der Waals surface area (Å²) in [5, 5.41) is 12.6. The predicted molar refractivity (Wildman–Crippen MR) is 121 cm³/mol. The molecule has 0 saturated heterocycles. The second kappa shape index (κ2) is 11.8. The number of hydrogen-bond donors (Lipinski definition) is 3. The second-order valence-corrected chi connectivity index (χ2v) is 10.1. The monoisotopic (exact) mass is 459 g/mol. The summed E-state index contributed by atoms with van der Waals surface area (Å²) in [6.07, 6.45) is 8.73. The number of nitrogens with one attached hydrogen (secondary N) is 3. The minimum Gasteiger partial charge on any atom is -0.340 e. The number of carbonyl (C=O) groups is 2. The van der Waals surface area contributed by atoms with Crippen LogP contribution in [0, 0.1) is 5.41 Å². The van der Waals surface area contributed by atoms with E-state index < -0.39 is 27.9 Å². The van der Waals surface area contributed by atoms with Crippen LogP contribution in [0.3, 0.4) is 0 Å². The number of hydrogen-bond acceptors (Lipinski definition) is 8. The van der Waals surface area contributed by atoms with E-state index in [0.29, 0.717) is 12.2 Å². The largest absolute Gasteiger partial charge is 0.340 e. The van der Waals surface area contributed by atoms with Crippen molar-refractivity contribution in [3.8, 4) is 0 Å². The van der Waals surface area contributed by atoms with Gasteiger partial charge in [0.1, 0.15) is 6.04 Å². The van der Waals surface area contributed by atoms with Gasteiger partial charge < -0.3 is 10.6 Å². The van der Waals surface area contributed by atoms with Crippen molar-refractivity contribution in [3.05, 3.63) is 36.7 Å². The molecule has 12 heteroatoms. The molecule has 0 spiro atoms. The highest BCUT2D eigenvalue weighted by Crippen LogP contribution is 2.12. The Hall–Kier alpha value is -2.05. The van der Waals surface area contributed by atoms with Crippen LogP contribution in [0.2, 0.25) is 0 Å². The van der Waals surface area contributed by atoms with E-state index in [2.05, 4.69) is 22.2 Å². The minimum absolute atomic E-state index is 0.0876. The number of carbonyl (C=O) groups excluding carboxylic acids is 2. The zero-order valence-corrected chi connectivity index (χ0v) is 18.9. The van der Waals surface area contributed by atoms with Crippen molar-refractivity contribution in [1.82, 2.24) is 14.6 Å². The Labute approximate surface area is 179 Å². The van der Waals surface area contributed by atoms with Crippen LogP contribution in [0.15, 0.2) is 36.1 Å². The highest BCUT2D eigenvalue weighted by atomic mass is 32.2. The second-order valence-electron chi connectivity index (χ2n) is 5.87. The summed E-state index contributed by atoms with van der Waals surface area (Å²) in [4.78, 5) is 29.1. The Kier molecular flexibility index (Phi) is 10.2. The van der Waals surface area contributed by atoms with Crippen LogP contribution >= 0.6 is 23.5 Å². The van der Waals surface area contributed by atoms with Crippen molar-refractivity contribution in [1.29, 1.82) is 5.41 Å². The number of amides is 2. The number of thioether (sulfide) groups is 2. The summed E-state index contributed by atoms with van der Waals surface area (Å²) in [6.45, 7) is 5.29. The number of aromatic nitrogens is 1. The summed E-state index contributed by atoms with van der Waals surface area (Å²) in [5.74, 6) is -0.479. The summed E-state index contributed by atoms with van der Waals surface area (Å²) in [7, 11) is -3.50. The van der Waals surface area contributed by atoms with Crippen molar-refractivity contribution in [2.45, 2.75) is 24.8 Å². The maximum absolute atomic E-state index is 12.5. The molecule has 0 aliphatic carbocycles. The number of rotatable bonds is 10. The third-order valence-electron chi connectivity index (χ3n) is 3.47. The fourth-order valence-electron chi connectivity index (χ4n) is 2.08. The van der Waals surface area contributed by atoms with Crippen molar-refractivity contribution in [3.63, 3.8) is 0 Å². The molecular formula is C17H25N5O4S3. The first-order valence-corrected chi connectivity index (χ1v) is 12.6. The lowest BCUT2D eigenvalue weighted by Crippen LogP contribution is -2.48. The molecule has 0 aromatic carbocycles. The molecular weight excluding hydrogens is 434 g/mol. The zero-order valence-electron chi connectivity index (χ0n) is 16.4. The normalized spacial score (nSPS) is 13.6. The van der Waals surface area contributed by atoms with Crippen molar-refractivity contribution < 1.29 is 18.0 Å². The Bertz CT molecular complexity index is 879.